The van der Waals surface area contributed by atoms with Gasteiger partial charge in [0.1, 0.15) is 18.1 Å². The van der Waals surface area contributed by atoms with Crippen LogP contribution in [0.4, 0.5) is 10.1 Å². The zero-order valence-electron chi connectivity index (χ0n) is 20.3. The van der Waals surface area contributed by atoms with Crippen molar-refractivity contribution in [3.05, 3.63) is 72.0 Å². The number of hydrogen-bond acceptors (Lipinski definition) is 7. The van der Waals surface area contributed by atoms with E-state index in [1.807, 2.05) is 0 Å². The molecule has 3 rings (SSSR count). The van der Waals surface area contributed by atoms with Crippen LogP contribution in [0.25, 0.3) is 0 Å². The summed E-state index contributed by atoms with van der Waals surface area (Å²) in [5.74, 6) is 0.153. The van der Waals surface area contributed by atoms with Crippen LogP contribution in [0.5, 0.6) is 23.0 Å². The molecule has 3 aromatic rings. The standard InChI is InChI=1S/C25H27FN2O7S/c1-32-18-10-12-19(13-11-18)36(30,31)28(21-8-6-5-7-20(21)26)16-23(29)27-15-17-9-14-22(33-2)25(35-4)24(17)34-3/h5-14H,15-16H2,1-4H3,(H,27,29). The van der Waals surface area contributed by atoms with Gasteiger partial charge in [-0.05, 0) is 48.5 Å². The van der Waals surface area contributed by atoms with Gasteiger partial charge < -0.3 is 24.3 Å². The first-order valence-corrected chi connectivity index (χ1v) is 12.2. The van der Waals surface area contributed by atoms with Crippen LogP contribution in [-0.4, -0.2) is 49.3 Å². The molecular weight excluding hydrogens is 491 g/mol. The molecule has 0 saturated heterocycles. The smallest absolute Gasteiger partial charge is 0.264 e. The number of nitrogens with zero attached hydrogens (tertiary/aromatic N) is 1. The summed E-state index contributed by atoms with van der Waals surface area (Å²) < 4.78 is 63.4. The summed E-state index contributed by atoms with van der Waals surface area (Å²) in [5, 5.41) is 2.66. The van der Waals surface area contributed by atoms with E-state index in [1.54, 1.807) is 12.1 Å². The van der Waals surface area contributed by atoms with Gasteiger partial charge in [-0.25, -0.2) is 12.8 Å². The summed E-state index contributed by atoms with van der Waals surface area (Å²) >= 11 is 0. The number of methoxy groups -OCH3 is 4. The number of benzene rings is 3. The van der Waals surface area contributed by atoms with E-state index < -0.39 is 28.3 Å². The number of halogens is 1. The van der Waals surface area contributed by atoms with Crippen LogP contribution < -0.4 is 28.6 Å². The van der Waals surface area contributed by atoms with E-state index in [4.69, 9.17) is 18.9 Å². The Hall–Kier alpha value is -3.99. The molecule has 1 amide bonds. The average molecular weight is 519 g/mol. The minimum atomic E-state index is -4.30. The van der Waals surface area contributed by atoms with E-state index in [1.165, 1.54) is 70.9 Å². The molecule has 0 unspecified atom stereocenters. The Morgan fingerprint density at radius 1 is 0.861 bits per heavy atom. The van der Waals surface area contributed by atoms with Crippen molar-refractivity contribution in [1.29, 1.82) is 0 Å². The average Bonchev–Trinajstić information content (AvgIpc) is 2.90. The number of carbonyl (C=O) groups excluding carboxylic acids is 1. The molecule has 11 heteroatoms. The molecule has 1 N–H and O–H groups in total. The lowest BCUT2D eigenvalue weighted by Crippen LogP contribution is -2.41. The van der Waals surface area contributed by atoms with Crippen LogP contribution in [0.15, 0.2) is 65.6 Å². The number of carbonyl (C=O) groups is 1. The Morgan fingerprint density at radius 2 is 1.53 bits per heavy atom. The molecule has 0 aliphatic heterocycles. The lowest BCUT2D eigenvalue weighted by atomic mass is 10.1. The van der Waals surface area contributed by atoms with Crippen LogP contribution in [-0.2, 0) is 21.4 Å². The Bertz CT molecular complexity index is 1310. The molecule has 0 radical (unpaired) electrons. The highest BCUT2D eigenvalue weighted by Crippen LogP contribution is 2.39. The number of anilines is 1. The Kier molecular flexibility index (Phi) is 8.59. The van der Waals surface area contributed by atoms with Crippen molar-refractivity contribution >= 4 is 21.6 Å². The number of ether oxygens (including phenoxy) is 4. The van der Waals surface area contributed by atoms with Gasteiger partial charge >= 0.3 is 0 Å². The van der Waals surface area contributed by atoms with Crippen LogP contribution in [0, 0.1) is 5.82 Å². The summed E-state index contributed by atoms with van der Waals surface area (Å²) in [6.07, 6.45) is 0. The first-order valence-electron chi connectivity index (χ1n) is 10.7. The minimum absolute atomic E-state index is 0.00391. The van der Waals surface area contributed by atoms with Crippen molar-refractivity contribution in [2.75, 3.05) is 39.3 Å². The third-order valence-electron chi connectivity index (χ3n) is 5.32. The highest BCUT2D eigenvalue weighted by Gasteiger charge is 2.29. The van der Waals surface area contributed by atoms with Gasteiger partial charge in [0.15, 0.2) is 11.5 Å². The lowest BCUT2D eigenvalue weighted by Gasteiger charge is -2.24. The lowest BCUT2D eigenvalue weighted by molar-refractivity contribution is -0.119. The van der Waals surface area contributed by atoms with Gasteiger partial charge in [0.25, 0.3) is 10.0 Å². The normalized spacial score (nSPS) is 10.9. The predicted molar refractivity (Wildman–Crippen MR) is 132 cm³/mol. The van der Waals surface area contributed by atoms with Gasteiger partial charge in [-0.2, -0.15) is 0 Å². The maximum atomic E-state index is 14.7. The van der Waals surface area contributed by atoms with Gasteiger partial charge in [-0.15, -0.1) is 0 Å². The summed E-state index contributed by atoms with van der Waals surface area (Å²) in [6.45, 7) is -0.666. The van der Waals surface area contributed by atoms with E-state index in [-0.39, 0.29) is 17.1 Å². The number of sulfonamides is 1. The Balaban J connectivity index is 1.89. The molecule has 0 aliphatic rings. The second kappa shape index (κ2) is 11.6. The number of amides is 1. The molecule has 0 bridgehead atoms. The quantitative estimate of drug-likeness (QED) is 0.415. The number of hydrogen-bond donors (Lipinski definition) is 1. The topological polar surface area (TPSA) is 103 Å². The van der Waals surface area contributed by atoms with Crippen LogP contribution in [0.1, 0.15) is 5.56 Å². The van der Waals surface area contributed by atoms with E-state index in [9.17, 15) is 17.6 Å². The molecule has 192 valence electrons. The van der Waals surface area contributed by atoms with Crippen molar-refractivity contribution in [3.8, 4) is 23.0 Å². The first-order chi connectivity index (χ1) is 17.3. The van der Waals surface area contributed by atoms with E-state index in [2.05, 4.69) is 5.32 Å². The molecule has 0 fully saturated rings. The van der Waals surface area contributed by atoms with Crippen molar-refractivity contribution < 1.29 is 36.6 Å². The fourth-order valence-electron chi connectivity index (χ4n) is 3.51. The second-order valence-corrected chi connectivity index (χ2v) is 9.27. The molecular formula is C25H27FN2O7S. The zero-order chi connectivity index (χ0) is 26.3. The monoisotopic (exact) mass is 518 g/mol. The Labute approximate surface area is 209 Å². The SMILES string of the molecule is COc1ccc(S(=O)(=O)N(CC(=O)NCc2ccc(OC)c(OC)c2OC)c2ccccc2F)cc1. The minimum Gasteiger partial charge on any atom is -0.497 e. The molecule has 0 aromatic heterocycles. The third kappa shape index (κ3) is 5.62. The summed E-state index contributed by atoms with van der Waals surface area (Å²) in [7, 11) is 1.55. The van der Waals surface area contributed by atoms with Crippen LogP contribution in [0.2, 0.25) is 0 Å². The van der Waals surface area contributed by atoms with E-state index in [0.29, 0.717) is 28.6 Å². The number of rotatable bonds is 11. The van der Waals surface area contributed by atoms with E-state index in [0.717, 1.165) is 10.4 Å². The molecule has 9 nitrogen and oxygen atoms in total. The van der Waals surface area contributed by atoms with E-state index >= 15 is 0 Å². The molecule has 36 heavy (non-hydrogen) atoms. The van der Waals surface area contributed by atoms with Gasteiger partial charge in [-0.1, -0.05) is 12.1 Å². The number of para-hydroxylation sites is 1. The van der Waals surface area contributed by atoms with Gasteiger partial charge in [0.2, 0.25) is 11.7 Å². The summed E-state index contributed by atoms with van der Waals surface area (Å²) in [6, 6.07) is 14.3. The molecule has 3 aromatic carbocycles. The van der Waals surface area contributed by atoms with Crippen LogP contribution >= 0.6 is 0 Å². The fraction of sp³-hybridized carbons (Fsp3) is 0.240. The fourth-order valence-corrected chi connectivity index (χ4v) is 4.94. The first kappa shape index (κ1) is 26.6. The molecule has 0 spiro atoms. The third-order valence-corrected chi connectivity index (χ3v) is 7.09. The number of nitrogens with one attached hydrogen (secondary N) is 1. The van der Waals surface area contributed by atoms with Gasteiger partial charge in [0.05, 0.1) is 39.0 Å². The van der Waals surface area contributed by atoms with Crippen LogP contribution in [0.3, 0.4) is 0 Å². The van der Waals surface area contributed by atoms with Crippen molar-refractivity contribution in [2.24, 2.45) is 0 Å². The summed E-state index contributed by atoms with van der Waals surface area (Å²) in [5.41, 5.74) is 0.311. The van der Waals surface area contributed by atoms with Crippen molar-refractivity contribution in [3.63, 3.8) is 0 Å². The zero-order valence-corrected chi connectivity index (χ0v) is 21.1. The molecule has 0 saturated carbocycles. The second-order valence-electron chi connectivity index (χ2n) is 7.41. The highest BCUT2D eigenvalue weighted by molar-refractivity contribution is 7.92. The van der Waals surface area contributed by atoms with Crippen molar-refractivity contribution in [2.45, 2.75) is 11.4 Å². The molecule has 0 atom stereocenters. The molecule has 0 heterocycles. The van der Waals surface area contributed by atoms with Gasteiger partial charge in [-0.3, -0.25) is 9.10 Å². The predicted octanol–water partition coefficient (Wildman–Crippen LogP) is 3.37. The van der Waals surface area contributed by atoms with Gasteiger partial charge in [0, 0.05) is 12.1 Å². The Morgan fingerprint density at radius 3 is 2.11 bits per heavy atom. The maximum Gasteiger partial charge on any atom is 0.264 e. The summed E-state index contributed by atoms with van der Waals surface area (Å²) in [4.78, 5) is 12.8. The van der Waals surface area contributed by atoms with Crippen molar-refractivity contribution in [1.82, 2.24) is 5.32 Å². The molecule has 0 aliphatic carbocycles. The largest absolute Gasteiger partial charge is 0.497 e. The highest BCUT2D eigenvalue weighted by atomic mass is 32.2. The maximum absolute atomic E-state index is 14.7.